The molecule has 3 heteroatoms. The summed E-state index contributed by atoms with van der Waals surface area (Å²) in [4.78, 5) is 16.4. The molecule has 2 heterocycles. The topological polar surface area (TPSA) is 22.0 Å². The van der Waals surface area contributed by atoms with Gasteiger partial charge in [-0.05, 0) is 74.2 Å². The van der Waals surface area contributed by atoms with Gasteiger partial charge in [0.15, 0.2) is 0 Å². The van der Waals surface area contributed by atoms with Crippen molar-refractivity contribution in [2.75, 3.05) is 0 Å². The van der Waals surface area contributed by atoms with E-state index in [0.717, 1.165) is 37.2 Å². The van der Waals surface area contributed by atoms with Crippen molar-refractivity contribution >= 4 is 33.4 Å². The van der Waals surface area contributed by atoms with Crippen LogP contribution in [0.15, 0.2) is 142 Å². The van der Waals surface area contributed by atoms with Gasteiger partial charge >= 0.3 is 0 Å². The van der Waals surface area contributed by atoms with Crippen molar-refractivity contribution in [2.45, 2.75) is 15.2 Å². The second-order valence-corrected chi connectivity index (χ2v) is 12.3. The third-order valence-corrected chi connectivity index (χ3v) is 10.5. The van der Waals surface area contributed by atoms with Gasteiger partial charge in [0, 0.05) is 20.6 Å². The first-order valence-corrected chi connectivity index (χ1v) is 14.8. The Kier molecular flexibility index (Phi) is 3.98. The largest absolute Gasteiger partial charge is 0.274 e. The third kappa shape index (κ3) is 2.46. The molecule has 0 amide bonds. The molecule has 10 rings (SSSR count). The maximum absolute atomic E-state index is 14.2. The highest BCUT2D eigenvalue weighted by Gasteiger charge is 2.52. The fourth-order valence-electron chi connectivity index (χ4n) is 7.89. The van der Waals surface area contributed by atoms with Gasteiger partial charge in [0.05, 0.1) is 16.6 Å². The molecule has 0 atom stereocenters. The van der Waals surface area contributed by atoms with Crippen LogP contribution in [0.25, 0.3) is 49.6 Å². The van der Waals surface area contributed by atoms with Crippen molar-refractivity contribution in [3.63, 3.8) is 0 Å². The number of para-hydroxylation sites is 1. The number of hydrogen-bond donors (Lipinski definition) is 0. The first kappa shape index (κ1) is 21.9. The Morgan fingerprint density at radius 3 is 1.73 bits per heavy atom. The van der Waals surface area contributed by atoms with Gasteiger partial charge in [-0.15, -0.1) is 0 Å². The lowest BCUT2D eigenvalue weighted by atomic mass is 9.70. The van der Waals surface area contributed by atoms with Crippen LogP contribution in [-0.2, 0) is 5.41 Å². The molecule has 6 aromatic carbocycles. The van der Waals surface area contributed by atoms with Gasteiger partial charge in [-0.25, -0.2) is 0 Å². The molecule has 3 aliphatic rings. The lowest BCUT2D eigenvalue weighted by Gasteiger charge is -2.31. The number of fused-ring (bicyclic) bond motifs is 14. The molecule has 2 aliphatic carbocycles. The number of benzene rings is 6. The second kappa shape index (κ2) is 7.45. The van der Waals surface area contributed by atoms with E-state index in [9.17, 15) is 4.79 Å². The Hall–Kier alpha value is -4.86. The van der Waals surface area contributed by atoms with Crippen LogP contribution < -0.4 is 5.56 Å². The van der Waals surface area contributed by atoms with Crippen molar-refractivity contribution in [3.05, 3.63) is 160 Å². The molecule has 0 radical (unpaired) electrons. The van der Waals surface area contributed by atoms with E-state index < -0.39 is 5.41 Å². The molecule has 0 bridgehead atoms. The van der Waals surface area contributed by atoms with E-state index in [2.05, 4.69) is 109 Å². The zero-order valence-corrected chi connectivity index (χ0v) is 22.7. The summed E-state index contributed by atoms with van der Waals surface area (Å²) in [5.74, 6) is 0. The van der Waals surface area contributed by atoms with Gasteiger partial charge in [-0.1, -0.05) is 115 Å². The van der Waals surface area contributed by atoms with Crippen LogP contribution in [0.4, 0.5) is 0 Å². The molecule has 0 N–H and O–H groups in total. The summed E-state index contributed by atoms with van der Waals surface area (Å²) in [5, 5.41) is 2.89. The fraction of sp³-hybridized carbons (Fsp3) is 0.0263. The van der Waals surface area contributed by atoms with Crippen LogP contribution in [0.3, 0.4) is 0 Å². The molecule has 7 aromatic rings. The maximum atomic E-state index is 14.2. The number of nitrogens with zero attached hydrogens (tertiary/aromatic N) is 1. The molecule has 0 unspecified atom stereocenters. The van der Waals surface area contributed by atoms with E-state index in [-0.39, 0.29) is 5.56 Å². The molecule has 1 aromatic heterocycles. The third-order valence-electron chi connectivity index (χ3n) is 9.41. The van der Waals surface area contributed by atoms with Gasteiger partial charge in [-0.2, -0.15) is 0 Å². The van der Waals surface area contributed by atoms with E-state index in [0.29, 0.717) is 0 Å². The average molecular weight is 540 g/mol. The summed E-state index contributed by atoms with van der Waals surface area (Å²) in [6.45, 7) is 0. The highest BCUT2D eigenvalue weighted by molar-refractivity contribution is 7.99. The van der Waals surface area contributed by atoms with Gasteiger partial charge in [0.2, 0.25) is 0 Å². The predicted octanol–water partition coefficient (Wildman–Crippen LogP) is 8.95. The van der Waals surface area contributed by atoms with Crippen molar-refractivity contribution < 1.29 is 0 Å². The summed E-state index contributed by atoms with van der Waals surface area (Å²) >= 11 is 1.78. The van der Waals surface area contributed by atoms with Crippen LogP contribution >= 0.6 is 11.8 Å². The lowest BCUT2D eigenvalue weighted by Crippen LogP contribution is -2.26. The molecule has 0 saturated carbocycles. The molecule has 1 aliphatic heterocycles. The molecule has 0 fully saturated rings. The Labute approximate surface area is 240 Å². The Morgan fingerprint density at radius 2 is 1.05 bits per heavy atom. The smallest absolute Gasteiger partial charge is 0.263 e. The number of rotatable bonds is 0. The van der Waals surface area contributed by atoms with Crippen molar-refractivity contribution in [1.29, 1.82) is 0 Å². The maximum Gasteiger partial charge on any atom is 0.263 e. The fourth-order valence-corrected chi connectivity index (χ4v) is 9.00. The number of hydrogen-bond acceptors (Lipinski definition) is 2. The molecule has 1 spiro atoms. The number of pyridine rings is 1. The van der Waals surface area contributed by atoms with Gasteiger partial charge in [0.25, 0.3) is 5.56 Å². The molecule has 190 valence electrons. The van der Waals surface area contributed by atoms with Gasteiger partial charge < -0.3 is 0 Å². The number of aromatic nitrogens is 1. The summed E-state index contributed by atoms with van der Waals surface area (Å²) < 4.78 is 1.98. The lowest BCUT2D eigenvalue weighted by molar-refractivity contribution is 0.789. The van der Waals surface area contributed by atoms with E-state index in [4.69, 9.17) is 0 Å². The van der Waals surface area contributed by atoms with Crippen LogP contribution in [0, 0.1) is 0 Å². The van der Waals surface area contributed by atoms with Crippen molar-refractivity contribution in [1.82, 2.24) is 4.57 Å². The molecular weight excluding hydrogens is 518 g/mol. The predicted molar refractivity (Wildman–Crippen MR) is 167 cm³/mol. The molecular formula is C38H21NOS. The van der Waals surface area contributed by atoms with E-state index in [1.54, 1.807) is 11.8 Å². The van der Waals surface area contributed by atoms with Gasteiger partial charge in [0.1, 0.15) is 0 Å². The second-order valence-electron chi connectivity index (χ2n) is 11.2. The monoisotopic (exact) mass is 539 g/mol. The van der Waals surface area contributed by atoms with Crippen molar-refractivity contribution in [2.24, 2.45) is 0 Å². The van der Waals surface area contributed by atoms with E-state index in [1.807, 2.05) is 22.8 Å². The van der Waals surface area contributed by atoms with Gasteiger partial charge in [-0.3, -0.25) is 9.36 Å². The molecule has 41 heavy (non-hydrogen) atoms. The summed E-state index contributed by atoms with van der Waals surface area (Å²) in [6, 6.07) is 45.7. The molecule has 0 saturated heterocycles. The summed E-state index contributed by atoms with van der Waals surface area (Å²) in [5.41, 5.74) is 11.9. The van der Waals surface area contributed by atoms with Crippen LogP contribution in [-0.4, -0.2) is 4.57 Å². The SMILES string of the molecule is O=c1c2ccccc2c2cccc3c2n1-c1cc2c(cc1S3)C1(c3ccccc3-c3ccccc31)c1ccccc1-2. The minimum absolute atomic E-state index is 0.0413. The summed E-state index contributed by atoms with van der Waals surface area (Å²) in [6.07, 6.45) is 0. The Morgan fingerprint density at radius 1 is 0.488 bits per heavy atom. The van der Waals surface area contributed by atoms with Crippen LogP contribution in [0.1, 0.15) is 22.3 Å². The Balaban J connectivity index is 1.37. The highest BCUT2D eigenvalue weighted by Crippen LogP contribution is 2.63. The first-order valence-electron chi connectivity index (χ1n) is 14.0. The minimum Gasteiger partial charge on any atom is -0.274 e. The minimum atomic E-state index is -0.394. The average Bonchev–Trinajstić information content (AvgIpc) is 3.49. The van der Waals surface area contributed by atoms with Crippen molar-refractivity contribution in [3.8, 4) is 27.9 Å². The quantitative estimate of drug-likeness (QED) is 0.179. The highest BCUT2D eigenvalue weighted by atomic mass is 32.2. The van der Waals surface area contributed by atoms with E-state index >= 15 is 0 Å². The zero-order chi connectivity index (χ0) is 26.9. The standard InChI is InChI=1S/C38H21NOS/c40-37-27-14-2-1-10-22(27)26-15-9-19-34-36(26)39(37)33-20-28-25-13-5-8-18-31(25)38(32(28)21-35(33)41-34)29-16-6-3-11-23(29)24-12-4-7-17-30(24)38/h1-21H. The first-order chi connectivity index (χ1) is 20.3. The molecule has 2 nitrogen and oxygen atoms in total. The van der Waals surface area contributed by atoms with Crippen LogP contribution in [0.5, 0.6) is 0 Å². The Bertz CT molecular complexity index is 2330. The normalized spacial score (nSPS) is 14.5. The van der Waals surface area contributed by atoms with Crippen LogP contribution in [0.2, 0.25) is 0 Å². The summed E-state index contributed by atoms with van der Waals surface area (Å²) in [7, 11) is 0. The zero-order valence-electron chi connectivity index (χ0n) is 21.9. The van der Waals surface area contributed by atoms with E-state index in [1.165, 1.54) is 44.5 Å².